The van der Waals surface area contributed by atoms with Crippen LogP contribution in [0.5, 0.6) is 0 Å². The average molecular weight is 521 g/mol. The van der Waals surface area contributed by atoms with E-state index in [1.54, 1.807) is 11.0 Å². The minimum atomic E-state index is -1.06. The van der Waals surface area contributed by atoms with Crippen molar-refractivity contribution in [1.29, 1.82) is 0 Å². The van der Waals surface area contributed by atoms with Gasteiger partial charge in [-0.25, -0.2) is 8.78 Å². The van der Waals surface area contributed by atoms with Crippen LogP contribution in [-0.2, 0) is 16.0 Å². The Labute approximate surface area is 220 Å². The number of nitrogens with zero attached hydrogens (tertiary/aromatic N) is 2. The number of hydrogen-bond acceptors (Lipinski definition) is 4. The lowest BCUT2D eigenvalue weighted by atomic mass is 10.0. The van der Waals surface area contributed by atoms with Gasteiger partial charge in [0.05, 0.1) is 16.9 Å². The number of rotatable bonds is 7. The SMILES string of the molecule is CC(=O)N1CCCN(c2ccc(F)cc2NC(=O)C(Cc2ccccc2)NC(=O)c2ccccc2F)CC1. The number of carbonyl (C=O) groups excluding carboxylic acids is 3. The summed E-state index contributed by atoms with van der Waals surface area (Å²) >= 11 is 0. The Hall–Kier alpha value is -4.27. The van der Waals surface area contributed by atoms with Crippen LogP contribution in [0.3, 0.4) is 0 Å². The second-order valence-corrected chi connectivity index (χ2v) is 9.19. The number of benzene rings is 3. The molecule has 1 atom stereocenters. The fourth-order valence-corrected chi connectivity index (χ4v) is 4.52. The molecular formula is C29H30F2N4O3. The standard InChI is InChI=1S/C29H30F2N4O3/c1-20(36)34-14-7-15-35(17-16-34)27-13-12-22(30)19-25(27)32-29(38)26(18-21-8-3-2-4-9-21)33-28(37)23-10-5-6-11-24(23)31/h2-6,8-13,19,26H,7,14-18H2,1H3,(H,32,38)(H,33,37). The van der Waals surface area contributed by atoms with Crippen molar-refractivity contribution >= 4 is 29.1 Å². The molecule has 1 fully saturated rings. The van der Waals surface area contributed by atoms with E-state index in [0.717, 1.165) is 12.0 Å². The Morgan fingerprint density at radius 3 is 2.37 bits per heavy atom. The third-order valence-electron chi connectivity index (χ3n) is 6.52. The topological polar surface area (TPSA) is 81.8 Å². The number of anilines is 2. The van der Waals surface area contributed by atoms with E-state index < -0.39 is 29.5 Å². The monoisotopic (exact) mass is 520 g/mol. The van der Waals surface area contributed by atoms with Crippen molar-refractivity contribution in [3.05, 3.63) is 95.6 Å². The van der Waals surface area contributed by atoms with E-state index >= 15 is 0 Å². The maximum atomic E-state index is 14.3. The van der Waals surface area contributed by atoms with Gasteiger partial charge >= 0.3 is 0 Å². The van der Waals surface area contributed by atoms with Crippen LogP contribution in [-0.4, -0.2) is 54.8 Å². The Morgan fingerprint density at radius 2 is 1.63 bits per heavy atom. The lowest BCUT2D eigenvalue weighted by Crippen LogP contribution is -2.45. The third kappa shape index (κ3) is 6.73. The van der Waals surface area contributed by atoms with Gasteiger partial charge in [-0.15, -0.1) is 0 Å². The molecule has 0 aromatic heterocycles. The van der Waals surface area contributed by atoms with Gasteiger partial charge in [-0.2, -0.15) is 0 Å². The minimum Gasteiger partial charge on any atom is -0.368 e. The largest absolute Gasteiger partial charge is 0.368 e. The Kier molecular flexibility index (Phi) is 8.68. The zero-order chi connectivity index (χ0) is 27.1. The number of hydrogen-bond donors (Lipinski definition) is 2. The molecule has 2 N–H and O–H groups in total. The number of amides is 3. The molecule has 0 radical (unpaired) electrons. The Morgan fingerprint density at radius 1 is 0.895 bits per heavy atom. The van der Waals surface area contributed by atoms with E-state index in [1.165, 1.54) is 43.3 Å². The molecule has 4 rings (SSSR count). The van der Waals surface area contributed by atoms with Crippen molar-refractivity contribution in [2.45, 2.75) is 25.8 Å². The van der Waals surface area contributed by atoms with E-state index in [4.69, 9.17) is 0 Å². The normalized spacial score (nSPS) is 14.4. The molecular weight excluding hydrogens is 490 g/mol. The summed E-state index contributed by atoms with van der Waals surface area (Å²) in [5.74, 6) is -2.52. The summed E-state index contributed by atoms with van der Waals surface area (Å²) in [5.41, 5.74) is 1.48. The van der Waals surface area contributed by atoms with Crippen LogP contribution in [0, 0.1) is 11.6 Å². The van der Waals surface area contributed by atoms with Gasteiger partial charge in [0, 0.05) is 39.5 Å². The van der Waals surface area contributed by atoms with Gasteiger partial charge in [0.2, 0.25) is 11.8 Å². The molecule has 0 aliphatic carbocycles. The zero-order valence-corrected chi connectivity index (χ0v) is 21.1. The molecule has 1 saturated heterocycles. The molecule has 3 amide bonds. The maximum Gasteiger partial charge on any atom is 0.254 e. The molecule has 0 saturated carbocycles. The quantitative estimate of drug-likeness (QED) is 0.494. The highest BCUT2D eigenvalue weighted by Crippen LogP contribution is 2.28. The molecule has 3 aromatic rings. The molecule has 1 heterocycles. The predicted molar refractivity (Wildman–Crippen MR) is 142 cm³/mol. The van der Waals surface area contributed by atoms with Crippen LogP contribution in [0.25, 0.3) is 0 Å². The van der Waals surface area contributed by atoms with Crippen LogP contribution in [0.4, 0.5) is 20.2 Å². The average Bonchev–Trinajstić information content (AvgIpc) is 3.16. The second-order valence-electron chi connectivity index (χ2n) is 9.19. The number of carbonyl (C=O) groups is 3. The highest BCUT2D eigenvalue weighted by Gasteiger charge is 2.26. The predicted octanol–water partition coefficient (Wildman–Crippen LogP) is 4.00. The molecule has 1 unspecified atom stereocenters. The van der Waals surface area contributed by atoms with Gasteiger partial charge in [-0.3, -0.25) is 14.4 Å². The van der Waals surface area contributed by atoms with E-state index in [9.17, 15) is 23.2 Å². The zero-order valence-electron chi connectivity index (χ0n) is 21.1. The lowest BCUT2D eigenvalue weighted by molar-refractivity contribution is -0.128. The lowest BCUT2D eigenvalue weighted by Gasteiger charge is -2.27. The summed E-state index contributed by atoms with van der Waals surface area (Å²) in [6.45, 7) is 3.80. The first kappa shape index (κ1) is 26.8. The van der Waals surface area contributed by atoms with Gasteiger partial charge in [0.25, 0.3) is 5.91 Å². The molecule has 9 heteroatoms. The van der Waals surface area contributed by atoms with E-state index in [2.05, 4.69) is 10.6 Å². The van der Waals surface area contributed by atoms with Crippen molar-refractivity contribution in [2.75, 3.05) is 36.4 Å². The number of halogens is 2. The van der Waals surface area contributed by atoms with E-state index in [-0.39, 0.29) is 23.6 Å². The van der Waals surface area contributed by atoms with Crippen LogP contribution >= 0.6 is 0 Å². The fraction of sp³-hybridized carbons (Fsp3) is 0.276. The summed E-state index contributed by atoms with van der Waals surface area (Å²) in [5, 5.41) is 5.43. The van der Waals surface area contributed by atoms with Crippen LogP contribution in [0.2, 0.25) is 0 Å². The van der Waals surface area contributed by atoms with Gasteiger partial charge in [-0.05, 0) is 42.3 Å². The van der Waals surface area contributed by atoms with Gasteiger partial charge in [0.1, 0.15) is 17.7 Å². The minimum absolute atomic E-state index is 0.00571. The molecule has 0 spiro atoms. The first-order valence-corrected chi connectivity index (χ1v) is 12.5. The highest BCUT2D eigenvalue weighted by molar-refractivity contribution is 6.02. The molecule has 1 aliphatic rings. The summed E-state index contributed by atoms with van der Waals surface area (Å²) in [6, 6.07) is 17.7. The van der Waals surface area contributed by atoms with Gasteiger partial charge in [-0.1, -0.05) is 42.5 Å². The van der Waals surface area contributed by atoms with Crippen molar-refractivity contribution < 1.29 is 23.2 Å². The van der Waals surface area contributed by atoms with Crippen molar-refractivity contribution in [3.8, 4) is 0 Å². The van der Waals surface area contributed by atoms with E-state index in [1.807, 2.05) is 35.2 Å². The fourth-order valence-electron chi connectivity index (χ4n) is 4.52. The Bertz CT molecular complexity index is 1300. The third-order valence-corrected chi connectivity index (χ3v) is 6.52. The van der Waals surface area contributed by atoms with E-state index in [0.29, 0.717) is 31.9 Å². The first-order valence-electron chi connectivity index (χ1n) is 12.5. The summed E-state index contributed by atoms with van der Waals surface area (Å²) < 4.78 is 28.5. The second kappa shape index (κ2) is 12.3. The summed E-state index contributed by atoms with van der Waals surface area (Å²) in [6.07, 6.45) is 0.870. The van der Waals surface area contributed by atoms with Crippen LogP contribution in [0.1, 0.15) is 29.3 Å². The summed E-state index contributed by atoms with van der Waals surface area (Å²) in [4.78, 5) is 42.0. The van der Waals surface area contributed by atoms with Crippen molar-refractivity contribution in [2.24, 2.45) is 0 Å². The first-order chi connectivity index (χ1) is 18.3. The smallest absolute Gasteiger partial charge is 0.254 e. The molecule has 38 heavy (non-hydrogen) atoms. The molecule has 3 aromatic carbocycles. The Balaban J connectivity index is 1.58. The summed E-state index contributed by atoms with van der Waals surface area (Å²) in [7, 11) is 0. The molecule has 1 aliphatic heterocycles. The van der Waals surface area contributed by atoms with Crippen molar-refractivity contribution in [3.63, 3.8) is 0 Å². The maximum absolute atomic E-state index is 14.3. The van der Waals surface area contributed by atoms with Crippen LogP contribution < -0.4 is 15.5 Å². The molecule has 0 bridgehead atoms. The highest BCUT2D eigenvalue weighted by atomic mass is 19.1. The van der Waals surface area contributed by atoms with Crippen LogP contribution in [0.15, 0.2) is 72.8 Å². The van der Waals surface area contributed by atoms with Gasteiger partial charge in [0.15, 0.2) is 0 Å². The van der Waals surface area contributed by atoms with Gasteiger partial charge < -0.3 is 20.4 Å². The molecule has 198 valence electrons. The molecule has 7 nitrogen and oxygen atoms in total. The van der Waals surface area contributed by atoms with Crippen molar-refractivity contribution in [1.82, 2.24) is 10.2 Å². The number of nitrogens with one attached hydrogen (secondary N) is 2.